The van der Waals surface area contributed by atoms with E-state index in [1.807, 2.05) is 20.8 Å². The molecule has 0 N–H and O–H groups in total. The molecule has 0 unspecified atom stereocenters. The van der Waals surface area contributed by atoms with Gasteiger partial charge >= 0.3 is 0 Å². The summed E-state index contributed by atoms with van der Waals surface area (Å²) in [5, 5.41) is 0.495. The summed E-state index contributed by atoms with van der Waals surface area (Å²) in [4.78, 5) is 0.126. The Morgan fingerprint density at radius 3 is 2.12 bits per heavy atom. The van der Waals surface area contributed by atoms with Gasteiger partial charge in [-0.25, -0.2) is 0 Å². The second-order valence-electron chi connectivity index (χ2n) is 4.73. The largest absolute Gasteiger partial charge is 0.296 e. The summed E-state index contributed by atoms with van der Waals surface area (Å²) in [5.41, 5.74) is -0.195. The quantitative estimate of drug-likeness (QED) is 0.786. The molecule has 1 rings (SSSR count). The molecule has 0 saturated carbocycles. The fraction of sp³-hybridized carbons (Fsp3) is 0.455. The Morgan fingerprint density at radius 2 is 1.69 bits per heavy atom. The van der Waals surface area contributed by atoms with Crippen LogP contribution in [0, 0.1) is 5.41 Å². The Balaban J connectivity index is 2.83. The summed E-state index contributed by atoms with van der Waals surface area (Å²) >= 11 is 5.68. The van der Waals surface area contributed by atoms with Crippen molar-refractivity contribution in [3.63, 3.8) is 0 Å². The number of hydrogen-bond acceptors (Lipinski definition) is 3. The number of hydrogen-bond donors (Lipinski definition) is 0. The van der Waals surface area contributed by atoms with E-state index in [4.69, 9.17) is 15.8 Å². The molecule has 0 radical (unpaired) electrons. The molecule has 0 amide bonds. The molecule has 0 aliphatic heterocycles. The van der Waals surface area contributed by atoms with Crippen molar-refractivity contribution in [3.05, 3.63) is 29.3 Å². The van der Waals surface area contributed by atoms with E-state index in [0.717, 1.165) is 0 Å². The van der Waals surface area contributed by atoms with Crippen LogP contribution >= 0.6 is 11.6 Å². The number of halogens is 1. The number of benzene rings is 1. The normalized spacial score (nSPS) is 12.8. The minimum atomic E-state index is -3.67. The van der Waals surface area contributed by atoms with E-state index in [1.54, 1.807) is 0 Å². The summed E-state index contributed by atoms with van der Waals surface area (Å²) < 4.78 is 28.4. The monoisotopic (exact) mass is 262 g/mol. The van der Waals surface area contributed by atoms with Gasteiger partial charge in [0, 0.05) is 5.02 Å². The molecule has 0 bridgehead atoms. The smallest absolute Gasteiger partial charge is 0.266 e. The lowest BCUT2D eigenvalue weighted by Crippen LogP contribution is -2.18. The van der Waals surface area contributed by atoms with E-state index < -0.39 is 10.1 Å². The van der Waals surface area contributed by atoms with Crippen LogP contribution in [0.4, 0.5) is 0 Å². The van der Waals surface area contributed by atoms with Crippen molar-refractivity contribution in [3.8, 4) is 0 Å². The average Bonchev–Trinajstić information content (AvgIpc) is 2.15. The van der Waals surface area contributed by atoms with Gasteiger partial charge in [0.25, 0.3) is 10.1 Å². The van der Waals surface area contributed by atoms with Crippen LogP contribution in [-0.2, 0) is 14.3 Å². The van der Waals surface area contributed by atoms with Crippen LogP contribution < -0.4 is 0 Å². The van der Waals surface area contributed by atoms with Crippen LogP contribution in [-0.4, -0.2) is 15.0 Å². The maximum atomic E-state index is 11.7. The van der Waals surface area contributed by atoms with Crippen LogP contribution in [0.5, 0.6) is 0 Å². The van der Waals surface area contributed by atoms with Gasteiger partial charge in [-0.05, 0) is 29.7 Å². The SMILES string of the molecule is CC(C)(C)COS(=O)(=O)c1ccc(Cl)cc1. The van der Waals surface area contributed by atoms with Crippen molar-refractivity contribution >= 4 is 21.7 Å². The highest BCUT2D eigenvalue weighted by molar-refractivity contribution is 7.86. The first-order chi connectivity index (χ1) is 7.21. The molecule has 0 saturated heterocycles. The zero-order valence-electron chi connectivity index (χ0n) is 9.53. The predicted molar refractivity (Wildman–Crippen MR) is 64.0 cm³/mol. The van der Waals surface area contributed by atoms with Crippen LogP contribution in [0.25, 0.3) is 0 Å². The Morgan fingerprint density at radius 1 is 1.19 bits per heavy atom. The summed E-state index contributed by atoms with van der Waals surface area (Å²) in [6.07, 6.45) is 0. The van der Waals surface area contributed by atoms with Crippen LogP contribution in [0.3, 0.4) is 0 Å². The molecule has 3 nitrogen and oxygen atoms in total. The van der Waals surface area contributed by atoms with Crippen molar-refractivity contribution in [1.29, 1.82) is 0 Å². The molecule has 1 aromatic rings. The average molecular weight is 263 g/mol. The zero-order valence-corrected chi connectivity index (χ0v) is 11.1. The second-order valence-corrected chi connectivity index (χ2v) is 6.78. The molecule has 1 aromatic carbocycles. The Kier molecular flexibility index (Phi) is 3.99. The van der Waals surface area contributed by atoms with E-state index in [-0.39, 0.29) is 16.9 Å². The van der Waals surface area contributed by atoms with Crippen molar-refractivity contribution in [1.82, 2.24) is 0 Å². The second kappa shape index (κ2) is 4.73. The van der Waals surface area contributed by atoms with Gasteiger partial charge in [-0.3, -0.25) is 4.18 Å². The summed E-state index contributed by atoms with van der Waals surface area (Å²) in [5.74, 6) is 0. The molecule has 0 aliphatic carbocycles. The van der Waals surface area contributed by atoms with Crippen molar-refractivity contribution in [2.45, 2.75) is 25.7 Å². The Bertz CT molecular complexity index is 443. The third-order valence-electron chi connectivity index (χ3n) is 1.75. The summed E-state index contributed by atoms with van der Waals surface area (Å²) in [6, 6.07) is 5.91. The summed E-state index contributed by atoms with van der Waals surface area (Å²) in [7, 11) is -3.67. The van der Waals surface area contributed by atoms with Crippen molar-refractivity contribution < 1.29 is 12.6 Å². The van der Waals surface area contributed by atoms with Gasteiger partial charge in [0.1, 0.15) is 0 Å². The predicted octanol–water partition coefficient (Wildman–Crippen LogP) is 3.09. The van der Waals surface area contributed by atoms with E-state index in [2.05, 4.69) is 0 Å². The third kappa shape index (κ3) is 4.12. The first-order valence-electron chi connectivity index (χ1n) is 4.86. The molecule has 0 fully saturated rings. The molecule has 0 atom stereocenters. The highest BCUT2D eigenvalue weighted by atomic mass is 35.5. The van der Waals surface area contributed by atoms with E-state index in [1.165, 1.54) is 24.3 Å². The molecular weight excluding hydrogens is 248 g/mol. The van der Waals surface area contributed by atoms with Gasteiger partial charge in [0.15, 0.2) is 0 Å². The van der Waals surface area contributed by atoms with Crippen LogP contribution in [0.15, 0.2) is 29.2 Å². The van der Waals surface area contributed by atoms with Gasteiger partial charge in [-0.2, -0.15) is 8.42 Å². The molecule has 16 heavy (non-hydrogen) atoms. The van der Waals surface area contributed by atoms with E-state index in [9.17, 15) is 8.42 Å². The van der Waals surface area contributed by atoms with Crippen LogP contribution in [0.2, 0.25) is 5.02 Å². The van der Waals surface area contributed by atoms with Gasteiger partial charge in [0.2, 0.25) is 0 Å². The van der Waals surface area contributed by atoms with Crippen molar-refractivity contribution in [2.75, 3.05) is 6.61 Å². The lowest BCUT2D eigenvalue weighted by Gasteiger charge is -2.17. The molecule has 0 aliphatic rings. The first kappa shape index (κ1) is 13.5. The first-order valence-corrected chi connectivity index (χ1v) is 6.64. The lowest BCUT2D eigenvalue weighted by molar-refractivity contribution is 0.203. The molecule has 0 heterocycles. The van der Waals surface area contributed by atoms with Gasteiger partial charge in [-0.15, -0.1) is 0 Å². The minimum absolute atomic E-state index is 0.126. The van der Waals surface area contributed by atoms with Gasteiger partial charge in [-0.1, -0.05) is 32.4 Å². The topological polar surface area (TPSA) is 43.4 Å². The molecular formula is C11H15ClO3S. The van der Waals surface area contributed by atoms with Crippen LogP contribution in [0.1, 0.15) is 20.8 Å². The minimum Gasteiger partial charge on any atom is -0.266 e. The maximum absolute atomic E-state index is 11.7. The summed E-state index contributed by atoms with van der Waals surface area (Å²) in [6.45, 7) is 5.87. The highest BCUT2D eigenvalue weighted by Gasteiger charge is 2.19. The molecule has 0 spiro atoms. The van der Waals surface area contributed by atoms with Gasteiger partial charge < -0.3 is 0 Å². The lowest BCUT2D eigenvalue weighted by atomic mass is 9.99. The Labute approximate surface area is 102 Å². The number of rotatable bonds is 3. The molecule has 0 aromatic heterocycles. The fourth-order valence-electron chi connectivity index (χ4n) is 0.924. The fourth-order valence-corrected chi connectivity index (χ4v) is 2.16. The van der Waals surface area contributed by atoms with E-state index in [0.29, 0.717) is 5.02 Å². The Hall–Kier alpha value is -0.580. The van der Waals surface area contributed by atoms with Gasteiger partial charge in [0.05, 0.1) is 11.5 Å². The maximum Gasteiger partial charge on any atom is 0.296 e. The van der Waals surface area contributed by atoms with Crippen molar-refractivity contribution in [2.24, 2.45) is 5.41 Å². The highest BCUT2D eigenvalue weighted by Crippen LogP contribution is 2.20. The van der Waals surface area contributed by atoms with E-state index >= 15 is 0 Å². The standard InChI is InChI=1S/C11H15ClO3S/c1-11(2,3)8-15-16(13,14)10-6-4-9(12)5-7-10/h4-7H,8H2,1-3H3. The molecule has 90 valence electrons. The zero-order chi connectivity index (χ0) is 12.4. The molecule has 5 heteroatoms. The third-order valence-corrected chi connectivity index (χ3v) is 3.28.